The highest BCUT2D eigenvalue weighted by molar-refractivity contribution is 8.08. The first-order valence-corrected chi connectivity index (χ1v) is 9.58. The van der Waals surface area contributed by atoms with Gasteiger partial charge < -0.3 is 9.64 Å². The van der Waals surface area contributed by atoms with Gasteiger partial charge in [-0.1, -0.05) is 18.2 Å². The number of carbonyl (C=O) groups is 1. The second-order valence-corrected chi connectivity index (χ2v) is 7.62. The minimum absolute atomic E-state index is 0.0320. The Hall–Kier alpha value is -2.78. The third-order valence-electron chi connectivity index (χ3n) is 4.17. The topological polar surface area (TPSA) is 92.2 Å². The first kappa shape index (κ1) is 16.7. The van der Waals surface area contributed by atoms with Crippen molar-refractivity contribution < 1.29 is 17.9 Å². The van der Waals surface area contributed by atoms with E-state index in [9.17, 15) is 13.2 Å². The molecule has 1 aromatic heterocycles. The van der Waals surface area contributed by atoms with Crippen molar-refractivity contribution in [2.24, 2.45) is 5.10 Å². The second kappa shape index (κ2) is 6.50. The lowest BCUT2D eigenvalue weighted by Crippen LogP contribution is -2.47. The largest absolute Gasteiger partial charge is 0.378 e. The minimum Gasteiger partial charge on any atom is -0.378 e. The number of benzene rings is 1. The van der Waals surface area contributed by atoms with Gasteiger partial charge >= 0.3 is 0 Å². The summed E-state index contributed by atoms with van der Waals surface area (Å²) in [5.41, 5.74) is 0.620. The van der Waals surface area contributed by atoms with Gasteiger partial charge in [0.2, 0.25) is 14.9 Å². The van der Waals surface area contributed by atoms with Crippen LogP contribution in [-0.2, 0) is 19.4 Å². The third-order valence-corrected chi connectivity index (χ3v) is 5.83. The van der Waals surface area contributed by atoms with Crippen molar-refractivity contribution in [2.75, 3.05) is 31.3 Å². The Morgan fingerprint density at radius 1 is 1.04 bits per heavy atom. The number of hydrogen-bond donors (Lipinski definition) is 0. The van der Waals surface area contributed by atoms with Crippen molar-refractivity contribution in [3.63, 3.8) is 0 Å². The van der Waals surface area contributed by atoms with E-state index in [1.165, 1.54) is 28.2 Å². The van der Waals surface area contributed by atoms with Gasteiger partial charge in [-0.3, -0.25) is 4.79 Å². The molecule has 1 saturated heterocycles. The van der Waals surface area contributed by atoms with E-state index in [0.29, 0.717) is 32.0 Å². The summed E-state index contributed by atoms with van der Waals surface area (Å²) in [5, 5.41) is 5.09. The summed E-state index contributed by atoms with van der Waals surface area (Å²) in [6.45, 7) is 1.41. The lowest BCUT2D eigenvalue weighted by atomic mass is 10.3. The van der Waals surface area contributed by atoms with Crippen LogP contribution in [-0.4, -0.2) is 55.6 Å². The van der Waals surface area contributed by atoms with E-state index in [2.05, 4.69) is 10.1 Å². The van der Waals surface area contributed by atoms with Gasteiger partial charge in [0.05, 0.1) is 18.9 Å². The number of nitrogens with zero attached hydrogens (tertiary/aromatic N) is 4. The maximum absolute atomic E-state index is 13.0. The molecular formula is C17H16N4O4S. The van der Waals surface area contributed by atoms with Crippen LogP contribution in [0.4, 0.5) is 11.5 Å². The predicted octanol–water partition coefficient (Wildman–Crippen LogP) is 1.18. The number of hydrazone groups is 1. The van der Waals surface area contributed by atoms with E-state index in [4.69, 9.17) is 4.74 Å². The molecule has 4 rings (SSSR count). The summed E-state index contributed by atoms with van der Waals surface area (Å²) < 4.78 is 31.2. The summed E-state index contributed by atoms with van der Waals surface area (Å²) >= 11 is 0. The molecule has 134 valence electrons. The van der Waals surface area contributed by atoms with Crippen LogP contribution in [0.5, 0.6) is 0 Å². The van der Waals surface area contributed by atoms with Gasteiger partial charge in [-0.25, -0.2) is 18.4 Å². The molecule has 0 spiro atoms. The molecule has 0 radical (unpaired) electrons. The van der Waals surface area contributed by atoms with Crippen LogP contribution in [0.2, 0.25) is 0 Å². The lowest BCUT2D eigenvalue weighted by molar-refractivity contribution is -0.127. The summed E-state index contributed by atoms with van der Waals surface area (Å²) in [5.74, 6) is -0.444. The molecule has 3 heterocycles. The van der Waals surface area contributed by atoms with Crippen LogP contribution >= 0.6 is 0 Å². The molecule has 26 heavy (non-hydrogen) atoms. The molecule has 0 atom stereocenters. The zero-order valence-corrected chi connectivity index (χ0v) is 14.6. The quantitative estimate of drug-likeness (QED) is 0.786. The number of fused-ring (bicyclic) bond motifs is 1. The fourth-order valence-corrected chi connectivity index (χ4v) is 4.25. The summed E-state index contributed by atoms with van der Waals surface area (Å²) in [7, 11) is -4.06. The van der Waals surface area contributed by atoms with Gasteiger partial charge in [-0.15, -0.1) is 5.10 Å². The zero-order chi connectivity index (χ0) is 18.1. The molecule has 2 aliphatic heterocycles. The number of carbonyl (C=O) groups excluding carboxylic acids is 1. The average Bonchev–Trinajstić information content (AvgIpc) is 2.69. The van der Waals surface area contributed by atoms with Crippen molar-refractivity contribution >= 4 is 32.3 Å². The van der Waals surface area contributed by atoms with E-state index in [0.717, 1.165) is 0 Å². The maximum atomic E-state index is 13.0. The molecule has 0 unspecified atom stereocenters. The number of rotatable bonds is 2. The van der Waals surface area contributed by atoms with E-state index in [-0.39, 0.29) is 10.7 Å². The number of sulfone groups is 1. The number of ether oxygens (including phenoxy) is 1. The van der Waals surface area contributed by atoms with Crippen molar-refractivity contribution in [3.05, 3.63) is 48.7 Å². The third kappa shape index (κ3) is 2.74. The minimum atomic E-state index is -4.06. The van der Waals surface area contributed by atoms with Crippen LogP contribution < -0.4 is 5.01 Å². The van der Waals surface area contributed by atoms with Crippen molar-refractivity contribution in [1.29, 1.82) is 0 Å². The lowest BCUT2D eigenvalue weighted by Gasteiger charge is -2.30. The standard InChI is InChI=1S/C17H16N4O4S/c22-17(20-9-11-25-12-10-20)16-19-21(13-5-2-1-3-6-13)15-14(26(16,23)24)7-4-8-18-15/h1-8H,9-12H2. The Morgan fingerprint density at radius 3 is 2.50 bits per heavy atom. The molecule has 2 aromatic rings. The smallest absolute Gasteiger partial charge is 0.286 e. The molecule has 0 aliphatic carbocycles. The Labute approximate surface area is 150 Å². The molecule has 2 aliphatic rings. The summed E-state index contributed by atoms with van der Waals surface area (Å²) in [6, 6.07) is 12.0. The van der Waals surface area contributed by atoms with Crippen LogP contribution in [0.25, 0.3) is 0 Å². The Bertz CT molecular complexity index is 969. The molecule has 0 N–H and O–H groups in total. The first-order valence-electron chi connectivity index (χ1n) is 8.10. The van der Waals surface area contributed by atoms with Crippen LogP contribution in [0.3, 0.4) is 0 Å². The van der Waals surface area contributed by atoms with Gasteiger partial charge in [0.1, 0.15) is 4.90 Å². The van der Waals surface area contributed by atoms with Crippen molar-refractivity contribution in [2.45, 2.75) is 4.90 Å². The summed E-state index contributed by atoms with van der Waals surface area (Å²) in [6.07, 6.45) is 1.49. The van der Waals surface area contributed by atoms with E-state index < -0.39 is 20.8 Å². The van der Waals surface area contributed by atoms with Crippen LogP contribution in [0.1, 0.15) is 0 Å². The van der Waals surface area contributed by atoms with Crippen LogP contribution in [0, 0.1) is 0 Å². The maximum Gasteiger partial charge on any atom is 0.286 e. The van der Waals surface area contributed by atoms with Crippen LogP contribution in [0.15, 0.2) is 58.7 Å². The van der Waals surface area contributed by atoms with E-state index >= 15 is 0 Å². The molecule has 1 aromatic carbocycles. The van der Waals surface area contributed by atoms with E-state index in [1.54, 1.807) is 24.3 Å². The average molecular weight is 372 g/mol. The first-order chi connectivity index (χ1) is 12.6. The SMILES string of the molecule is O=C(C1=NN(c2ccccc2)c2ncccc2S1(=O)=O)N1CCOCC1. The Morgan fingerprint density at radius 2 is 1.77 bits per heavy atom. The highest BCUT2D eigenvalue weighted by Crippen LogP contribution is 2.35. The van der Waals surface area contributed by atoms with Gasteiger partial charge in [-0.05, 0) is 24.3 Å². The number of pyridine rings is 1. The summed E-state index contributed by atoms with van der Waals surface area (Å²) in [4.78, 5) is 18.5. The number of anilines is 2. The predicted molar refractivity (Wildman–Crippen MR) is 94.8 cm³/mol. The van der Waals surface area contributed by atoms with Gasteiger partial charge in [0.15, 0.2) is 5.82 Å². The zero-order valence-electron chi connectivity index (χ0n) is 13.8. The molecule has 0 bridgehead atoms. The fourth-order valence-electron chi connectivity index (χ4n) is 2.86. The molecule has 0 saturated carbocycles. The monoisotopic (exact) mass is 372 g/mol. The van der Waals surface area contributed by atoms with Gasteiger partial charge in [0.25, 0.3) is 5.91 Å². The van der Waals surface area contributed by atoms with Gasteiger partial charge in [0, 0.05) is 19.3 Å². The van der Waals surface area contributed by atoms with E-state index in [1.807, 2.05) is 6.07 Å². The highest BCUT2D eigenvalue weighted by Gasteiger charge is 2.40. The normalized spacial score (nSPS) is 18.8. The molecule has 1 fully saturated rings. The number of hydrogen-bond acceptors (Lipinski definition) is 7. The number of aromatic nitrogens is 1. The highest BCUT2D eigenvalue weighted by atomic mass is 32.2. The molecule has 9 heteroatoms. The van der Waals surface area contributed by atoms with Crippen molar-refractivity contribution in [3.8, 4) is 0 Å². The molecular weight excluding hydrogens is 356 g/mol. The van der Waals surface area contributed by atoms with Crippen molar-refractivity contribution in [1.82, 2.24) is 9.88 Å². The molecule has 8 nitrogen and oxygen atoms in total. The number of morpholine rings is 1. The van der Waals surface area contributed by atoms with Gasteiger partial charge in [-0.2, -0.15) is 0 Å². The Kier molecular flexibility index (Phi) is 4.17. The number of amides is 1. The second-order valence-electron chi connectivity index (χ2n) is 5.79. The number of para-hydroxylation sites is 1. The molecule has 1 amide bonds. The Balaban J connectivity index is 1.85. The fraction of sp³-hybridized carbons (Fsp3) is 0.235.